The number of carbonyl (C=O) groups is 1. The lowest BCUT2D eigenvalue weighted by Gasteiger charge is -2.09. The molecule has 1 fully saturated rings. The second-order valence-corrected chi connectivity index (χ2v) is 6.56. The molecule has 0 radical (unpaired) electrons. The minimum Gasteiger partial charge on any atom is -0.483 e. The number of anilines is 1. The lowest BCUT2D eigenvalue weighted by atomic mass is 10.1. The third-order valence-electron chi connectivity index (χ3n) is 3.59. The van der Waals surface area contributed by atoms with Crippen molar-refractivity contribution in [2.75, 3.05) is 18.5 Å². The van der Waals surface area contributed by atoms with Crippen LogP contribution < -0.4 is 10.1 Å². The number of hydrogen-bond donors (Lipinski definition) is 1. The number of rotatable bonds is 5. The maximum atomic E-state index is 12.0. The zero-order chi connectivity index (χ0) is 16.2. The van der Waals surface area contributed by atoms with Gasteiger partial charge in [0.25, 0.3) is 5.91 Å². The number of nitrogens with one attached hydrogen (secondary N) is 1. The summed E-state index contributed by atoms with van der Waals surface area (Å²) in [5.74, 6) is 0.471. The van der Waals surface area contributed by atoms with E-state index in [0.29, 0.717) is 5.13 Å². The molecule has 1 aromatic carbocycles. The number of hydrogen-bond acceptors (Lipinski definition) is 6. The summed E-state index contributed by atoms with van der Waals surface area (Å²) in [5, 5.41) is 12.1. The number of nitrogens with zero attached hydrogens (tertiary/aromatic N) is 2. The summed E-state index contributed by atoms with van der Waals surface area (Å²) >= 11 is 1.35. The van der Waals surface area contributed by atoms with Crippen molar-refractivity contribution in [2.24, 2.45) is 0 Å². The molecule has 1 amide bonds. The van der Waals surface area contributed by atoms with E-state index in [-0.39, 0.29) is 18.6 Å². The van der Waals surface area contributed by atoms with Crippen LogP contribution in [0.15, 0.2) is 18.2 Å². The first-order chi connectivity index (χ1) is 11.1. The molecule has 1 atom stereocenters. The van der Waals surface area contributed by atoms with Gasteiger partial charge in [-0.1, -0.05) is 23.5 Å². The van der Waals surface area contributed by atoms with Gasteiger partial charge in [0.2, 0.25) is 5.13 Å². The Hall–Kier alpha value is -1.99. The molecule has 2 aromatic rings. The van der Waals surface area contributed by atoms with Crippen molar-refractivity contribution in [3.63, 3.8) is 0 Å². The highest BCUT2D eigenvalue weighted by Crippen LogP contribution is 2.31. The molecule has 1 saturated heterocycles. The fraction of sp³-hybridized carbons (Fsp3) is 0.438. The fourth-order valence-corrected chi connectivity index (χ4v) is 3.19. The number of carbonyl (C=O) groups excluding carboxylic acids is 1. The van der Waals surface area contributed by atoms with E-state index >= 15 is 0 Å². The second-order valence-electron chi connectivity index (χ2n) is 5.55. The van der Waals surface area contributed by atoms with E-state index in [1.165, 1.54) is 11.3 Å². The van der Waals surface area contributed by atoms with E-state index in [0.717, 1.165) is 41.3 Å². The maximum absolute atomic E-state index is 12.0. The Bertz CT molecular complexity index is 696. The van der Waals surface area contributed by atoms with Gasteiger partial charge >= 0.3 is 0 Å². The maximum Gasteiger partial charge on any atom is 0.264 e. The summed E-state index contributed by atoms with van der Waals surface area (Å²) in [5.41, 5.74) is 2.09. The van der Waals surface area contributed by atoms with Crippen LogP contribution in [0.1, 0.15) is 35.1 Å². The first-order valence-corrected chi connectivity index (χ1v) is 8.38. The Morgan fingerprint density at radius 1 is 1.43 bits per heavy atom. The quantitative estimate of drug-likeness (QED) is 0.910. The van der Waals surface area contributed by atoms with Gasteiger partial charge in [-0.3, -0.25) is 10.1 Å². The average molecular weight is 333 g/mol. The van der Waals surface area contributed by atoms with Crippen molar-refractivity contribution in [3.8, 4) is 5.75 Å². The summed E-state index contributed by atoms with van der Waals surface area (Å²) < 4.78 is 11.1. The van der Waals surface area contributed by atoms with Crippen molar-refractivity contribution in [1.82, 2.24) is 10.2 Å². The van der Waals surface area contributed by atoms with Crippen LogP contribution >= 0.6 is 11.3 Å². The Labute approximate surface area is 138 Å². The smallest absolute Gasteiger partial charge is 0.264 e. The largest absolute Gasteiger partial charge is 0.483 e. The molecular weight excluding hydrogens is 314 g/mol. The standard InChI is InChI=1S/C16H19N3O3S/c1-10-5-6-11(2)13(8-10)22-9-14(20)17-16-19-18-15(23-16)12-4-3-7-21-12/h5-6,8,12H,3-4,7,9H2,1-2H3,(H,17,19,20). The summed E-state index contributed by atoms with van der Waals surface area (Å²) in [6, 6.07) is 5.90. The van der Waals surface area contributed by atoms with Crippen molar-refractivity contribution in [2.45, 2.75) is 32.8 Å². The fourth-order valence-electron chi connectivity index (χ4n) is 2.35. The molecule has 6 nitrogen and oxygen atoms in total. The lowest BCUT2D eigenvalue weighted by Crippen LogP contribution is -2.20. The van der Waals surface area contributed by atoms with Gasteiger partial charge in [0, 0.05) is 6.61 Å². The number of ether oxygens (including phenoxy) is 2. The zero-order valence-electron chi connectivity index (χ0n) is 13.2. The molecule has 0 aliphatic carbocycles. The molecule has 122 valence electrons. The number of amides is 1. The Morgan fingerprint density at radius 2 is 2.30 bits per heavy atom. The second kappa shape index (κ2) is 7.06. The van der Waals surface area contributed by atoms with E-state index < -0.39 is 0 Å². The van der Waals surface area contributed by atoms with Gasteiger partial charge in [0.1, 0.15) is 16.9 Å². The van der Waals surface area contributed by atoms with Gasteiger partial charge in [-0.15, -0.1) is 10.2 Å². The Balaban J connectivity index is 1.54. The van der Waals surface area contributed by atoms with Crippen molar-refractivity contribution < 1.29 is 14.3 Å². The zero-order valence-corrected chi connectivity index (χ0v) is 14.0. The minimum atomic E-state index is -0.249. The normalized spacial score (nSPS) is 17.2. The van der Waals surface area contributed by atoms with Crippen molar-refractivity contribution in [3.05, 3.63) is 34.3 Å². The van der Waals surface area contributed by atoms with Crippen LogP contribution in [0.4, 0.5) is 5.13 Å². The van der Waals surface area contributed by atoms with Gasteiger partial charge in [-0.05, 0) is 43.9 Å². The number of benzene rings is 1. The Morgan fingerprint density at radius 3 is 3.09 bits per heavy atom. The highest BCUT2D eigenvalue weighted by molar-refractivity contribution is 7.15. The molecular formula is C16H19N3O3S. The highest BCUT2D eigenvalue weighted by atomic mass is 32.1. The monoisotopic (exact) mass is 333 g/mol. The lowest BCUT2D eigenvalue weighted by molar-refractivity contribution is -0.118. The first-order valence-electron chi connectivity index (χ1n) is 7.57. The minimum absolute atomic E-state index is 0.0179. The molecule has 1 unspecified atom stereocenters. The summed E-state index contributed by atoms with van der Waals surface area (Å²) in [7, 11) is 0. The number of aromatic nitrogens is 2. The van der Waals surface area contributed by atoms with Crippen LogP contribution in [0.25, 0.3) is 0 Å². The van der Waals surface area contributed by atoms with Gasteiger partial charge in [-0.2, -0.15) is 0 Å². The molecule has 1 aliphatic heterocycles. The van der Waals surface area contributed by atoms with E-state index in [2.05, 4.69) is 15.5 Å². The van der Waals surface area contributed by atoms with E-state index in [4.69, 9.17) is 9.47 Å². The molecule has 1 N–H and O–H groups in total. The van der Waals surface area contributed by atoms with E-state index in [1.807, 2.05) is 32.0 Å². The molecule has 1 aliphatic rings. The van der Waals surface area contributed by atoms with E-state index in [1.54, 1.807) is 0 Å². The number of aryl methyl sites for hydroxylation is 2. The SMILES string of the molecule is Cc1ccc(C)c(OCC(=O)Nc2nnc(C3CCCO3)s2)c1. The molecule has 1 aromatic heterocycles. The van der Waals surface area contributed by atoms with Crippen molar-refractivity contribution >= 4 is 22.4 Å². The average Bonchev–Trinajstić information content (AvgIpc) is 3.19. The van der Waals surface area contributed by atoms with Gasteiger partial charge < -0.3 is 9.47 Å². The van der Waals surface area contributed by atoms with Crippen LogP contribution in [0.3, 0.4) is 0 Å². The highest BCUT2D eigenvalue weighted by Gasteiger charge is 2.22. The summed E-state index contributed by atoms with van der Waals surface area (Å²) in [4.78, 5) is 12.0. The first kappa shape index (κ1) is 15.9. The van der Waals surface area contributed by atoms with Gasteiger partial charge in [0.05, 0.1) is 0 Å². The van der Waals surface area contributed by atoms with Crippen LogP contribution in [0.2, 0.25) is 0 Å². The molecule has 23 heavy (non-hydrogen) atoms. The van der Waals surface area contributed by atoms with Crippen molar-refractivity contribution in [1.29, 1.82) is 0 Å². The predicted molar refractivity (Wildman–Crippen MR) is 87.9 cm³/mol. The molecule has 0 bridgehead atoms. The summed E-state index contributed by atoms with van der Waals surface area (Å²) in [6.45, 7) is 4.64. The third-order valence-corrected chi connectivity index (χ3v) is 4.53. The van der Waals surface area contributed by atoms with Crippen LogP contribution in [0.5, 0.6) is 5.75 Å². The molecule has 0 saturated carbocycles. The topological polar surface area (TPSA) is 73.3 Å². The molecule has 2 heterocycles. The van der Waals surface area contributed by atoms with Gasteiger partial charge in [0.15, 0.2) is 6.61 Å². The summed E-state index contributed by atoms with van der Waals surface area (Å²) in [6.07, 6.45) is 2.01. The molecule has 0 spiro atoms. The van der Waals surface area contributed by atoms with Crippen LogP contribution in [-0.4, -0.2) is 29.3 Å². The Kier molecular flexibility index (Phi) is 4.88. The molecule has 3 rings (SSSR count). The third kappa shape index (κ3) is 4.05. The van der Waals surface area contributed by atoms with Crippen LogP contribution in [0, 0.1) is 13.8 Å². The molecule has 7 heteroatoms. The van der Waals surface area contributed by atoms with E-state index in [9.17, 15) is 4.79 Å². The van der Waals surface area contributed by atoms with Gasteiger partial charge in [-0.25, -0.2) is 0 Å². The van der Waals surface area contributed by atoms with Crippen LogP contribution in [-0.2, 0) is 9.53 Å². The predicted octanol–water partition coefficient (Wildman–Crippen LogP) is 3.02.